The third-order valence-electron chi connectivity index (χ3n) is 2.50. The Morgan fingerprint density at radius 2 is 1.92 bits per heavy atom. The first-order chi connectivity index (χ1) is 6.15. The van der Waals surface area contributed by atoms with E-state index in [-0.39, 0.29) is 0 Å². The van der Waals surface area contributed by atoms with Crippen molar-refractivity contribution >= 4 is 5.71 Å². The third kappa shape index (κ3) is 4.87. The van der Waals surface area contributed by atoms with Crippen LogP contribution in [0.1, 0.15) is 47.5 Å². The number of rotatable bonds is 5. The van der Waals surface area contributed by atoms with Gasteiger partial charge in [-0.3, -0.25) is 4.99 Å². The molecule has 2 atom stereocenters. The van der Waals surface area contributed by atoms with Gasteiger partial charge in [-0.1, -0.05) is 33.3 Å². The van der Waals surface area contributed by atoms with E-state index in [4.69, 9.17) is 0 Å². The van der Waals surface area contributed by atoms with Gasteiger partial charge in [0.2, 0.25) is 0 Å². The van der Waals surface area contributed by atoms with E-state index >= 15 is 0 Å². The topological polar surface area (TPSA) is 12.4 Å². The average Bonchev–Trinajstić information content (AvgIpc) is 2.13. The summed E-state index contributed by atoms with van der Waals surface area (Å²) in [5.74, 6) is 0.699. The minimum absolute atomic E-state index is 0.501. The maximum Gasteiger partial charge on any atom is 0.0525 e. The maximum absolute atomic E-state index is 4.69. The lowest BCUT2D eigenvalue weighted by Crippen LogP contribution is -2.15. The van der Waals surface area contributed by atoms with Crippen LogP contribution < -0.4 is 0 Å². The van der Waals surface area contributed by atoms with Crippen LogP contribution in [0.15, 0.2) is 17.1 Å². The first-order valence-electron chi connectivity index (χ1n) is 5.32. The van der Waals surface area contributed by atoms with E-state index in [1.807, 2.05) is 13.0 Å². The summed E-state index contributed by atoms with van der Waals surface area (Å²) in [7, 11) is 0. The van der Waals surface area contributed by atoms with Gasteiger partial charge >= 0.3 is 0 Å². The van der Waals surface area contributed by atoms with E-state index in [1.54, 1.807) is 0 Å². The second-order valence-corrected chi connectivity index (χ2v) is 3.63. The molecule has 0 radical (unpaired) electrons. The largest absolute Gasteiger partial charge is 0.286 e. The molecular weight excluding hydrogens is 158 g/mol. The van der Waals surface area contributed by atoms with Crippen LogP contribution in [0.25, 0.3) is 0 Å². The van der Waals surface area contributed by atoms with Crippen molar-refractivity contribution in [1.82, 2.24) is 0 Å². The minimum atomic E-state index is 0.501. The van der Waals surface area contributed by atoms with Gasteiger partial charge in [-0.05, 0) is 32.3 Å². The van der Waals surface area contributed by atoms with Crippen LogP contribution in [0.2, 0.25) is 0 Å². The Balaban J connectivity index is 4.33. The molecule has 0 aromatic heterocycles. The van der Waals surface area contributed by atoms with E-state index in [0.29, 0.717) is 12.0 Å². The number of aliphatic imine (C=N–C) groups is 1. The molecule has 0 fully saturated rings. The number of hydrogen-bond acceptors (Lipinski definition) is 1. The fourth-order valence-electron chi connectivity index (χ4n) is 1.44. The molecule has 13 heavy (non-hydrogen) atoms. The van der Waals surface area contributed by atoms with Crippen LogP contribution in [0.3, 0.4) is 0 Å². The second kappa shape index (κ2) is 6.88. The van der Waals surface area contributed by atoms with Crippen molar-refractivity contribution < 1.29 is 0 Å². The molecule has 0 aliphatic heterocycles. The molecule has 0 rings (SSSR count). The molecule has 0 aliphatic rings. The summed E-state index contributed by atoms with van der Waals surface area (Å²) in [4.78, 5) is 4.69. The van der Waals surface area contributed by atoms with Crippen LogP contribution in [0.5, 0.6) is 0 Å². The molecule has 0 amide bonds. The molecule has 0 heterocycles. The lowest BCUT2D eigenvalue weighted by Gasteiger charge is -2.17. The molecule has 2 unspecified atom stereocenters. The molecule has 0 aromatic rings. The SMILES string of the molecule is C/C=C\C(C)=N/C(CC)C(C)CC. The molecule has 76 valence electrons. The quantitative estimate of drug-likeness (QED) is 0.571. The highest BCUT2D eigenvalue weighted by molar-refractivity contribution is 5.92. The van der Waals surface area contributed by atoms with Crippen molar-refractivity contribution in [3.63, 3.8) is 0 Å². The van der Waals surface area contributed by atoms with Crippen LogP contribution in [0.4, 0.5) is 0 Å². The predicted octanol–water partition coefficient (Wildman–Crippen LogP) is 3.85. The zero-order valence-electron chi connectivity index (χ0n) is 9.67. The molecular formula is C12H23N. The van der Waals surface area contributed by atoms with Crippen molar-refractivity contribution in [2.45, 2.75) is 53.5 Å². The van der Waals surface area contributed by atoms with E-state index in [0.717, 1.165) is 12.1 Å². The fraction of sp³-hybridized carbons (Fsp3) is 0.750. The van der Waals surface area contributed by atoms with Gasteiger partial charge in [0.15, 0.2) is 0 Å². The first kappa shape index (κ1) is 12.4. The van der Waals surface area contributed by atoms with Gasteiger partial charge in [0.1, 0.15) is 0 Å². The Bertz CT molecular complexity index is 180. The fourth-order valence-corrected chi connectivity index (χ4v) is 1.44. The Hall–Kier alpha value is -0.590. The van der Waals surface area contributed by atoms with E-state index in [9.17, 15) is 0 Å². The molecule has 0 spiro atoms. The molecule has 0 bridgehead atoms. The normalized spacial score (nSPS) is 17.8. The van der Waals surface area contributed by atoms with Gasteiger partial charge in [0.05, 0.1) is 6.04 Å². The van der Waals surface area contributed by atoms with Gasteiger partial charge < -0.3 is 0 Å². The Morgan fingerprint density at radius 3 is 2.31 bits per heavy atom. The summed E-state index contributed by atoms with van der Waals surface area (Å²) in [6.07, 6.45) is 6.47. The standard InChI is InChI=1S/C12H23N/c1-6-9-11(5)13-12(8-3)10(4)7-2/h6,9-10,12H,7-8H2,1-5H3/b9-6-,13-11-. The number of allylic oxidation sites excluding steroid dienone is 2. The lowest BCUT2D eigenvalue weighted by atomic mass is 9.97. The van der Waals surface area contributed by atoms with Gasteiger partial charge in [-0.25, -0.2) is 0 Å². The maximum atomic E-state index is 4.69. The summed E-state index contributed by atoms with van der Waals surface area (Å²) in [6, 6.07) is 0.501. The zero-order valence-corrected chi connectivity index (χ0v) is 9.67. The van der Waals surface area contributed by atoms with Gasteiger partial charge in [-0.2, -0.15) is 0 Å². The van der Waals surface area contributed by atoms with E-state index < -0.39 is 0 Å². The lowest BCUT2D eigenvalue weighted by molar-refractivity contribution is 0.435. The minimum Gasteiger partial charge on any atom is -0.286 e. The van der Waals surface area contributed by atoms with E-state index in [2.05, 4.69) is 38.8 Å². The Morgan fingerprint density at radius 1 is 1.31 bits per heavy atom. The van der Waals surface area contributed by atoms with Gasteiger partial charge in [-0.15, -0.1) is 0 Å². The van der Waals surface area contributed by atoms with Crippen LogP contribution in [-0.4, -0.2) is 11.8 Å². The molecule has 0 saturated heterocycles. The monoisotopic (exact) mass is 181 g/mol. The molecule has 0 N–H and O–H groups in total. The average molecular weight is 181 g/mol. The van der Waals surface area contributed by atoms with Crippen molar-refractivity contribution in [3.05, 3.63) is 12.2 Å². The van der Waals surface area contributed by atoms with Crippen molar-refractivity contribution in [2.75, 3.05) is 0 Å². The summed E-state index contributed by atoms with van der Waals surface area (Å²) in [5.41, 5.74) is 1.15. The molecule has 1 nitrogen and oxygen atoms in total. The Kier molecular flexibility index (Phi) is 6.56. The molecule has 0 saturated carbocycles. The smallest absolute Gasteiger partial charge is 0.0525 e. The number of nitrogens with zero attached hydrogens (tertiary/aromatic N) is 1. The highest BCUT2D eigenvalue weighted by atomic mass is 14.8. The van der Waals surface area contributed by atoms with Crippen LogP contribution in [0, 0.1) is 5.92 Å². The molecule has 1 heteroatoms. The second-order valence-electron chi connectivity index (χ2n) is 3.63. The summed E-state index contributed by atoms with van der Waals surface area (Å²) in [6.45, 7) is 10.8. The highest BCUT2D eigenvalue weighted by Gasteiger charge is 2.11. The van der Waals surface area contributed by atoms with Gasteiger partial charge in [0.25, 0.3) is 0 Å². The number of hydrogen-bond donors (Lipinski definition) is 0. The van der Waals surface area contributed by atoms with Gasteiger partial charge in [0, 0.05) is 5.71 Å². The van der Waals surface area contributed by atoms with Crippen molar-refractivity contribution in [3.8, 4) is 0 Å². The summed E-state index contributed by atoms with van der Waals surface area (Å²) >= 11 is 0. The van der Waals surface area contributed by atoms with E-state index in [1.165, 1.54) is 6.42 Å². The summed E-state index contributed by atoms with van der Waals surface area (Å²) in [5, 5.41) is 0. The van der Waals surface area contributed by atoms with Crippen molar-refractivity contribution in [1.29, 1.82) is 0 Å². The molecule has 0 aliphatic carbocycles. The molecule has 0 aromatic carbocycles. The highest BCUT2D eigenvalue weighted by Crippen LogP contribution is 2.14. The zero-order chi connectivity index (χ0) is 10.3. The Labute approximate surface area is 83.0 Å². The predicted molar refractivity (Wildman–Crippen MR) is 61.5 cm³/mol. The van der Waals surface area contributed by atoms with Crippen LogP contribution >= 0.6 is 0 Å². The third-order valence-corrected chi connectivity index (χ3v) is 2.50. The van der Waals surface area contributed by atoms with Crippen molar-refractivity contribution in [2.24, 2.45) is 10.9 Å². The summed E-state index contributed by atoms with van der Waals surface area (Å²) < 4.78 is 0. The first-order valence-corrected chi connectivity index (χ1v) is 5.32. The van der Waals surface area contributed by atoms with Crippen LogP contribution in [-0.2, 0) is 0 Å².